The Bertz CT molecular complexity index is 1380. The molecule has 5 nitrogen and oxygen atoms in total. The van der Waals surface area contributed by atoms with Crippen molar-refractivity contribution in [2.24, 2.45) is 0 Å². The fraction of sp³-hybridized carbons (Fsp3) is 0.125. The molecular weight excluding hydrogens is 465 g/mol. The summed E-state index contributed by atoms with van der Waals surface area (Å²) in [6.45, 7) is 3.81. The van der Waals surface area contributed by atoms with Crippen LogP contribution in [0.3, 0.4) is 0 Å². The highest BCUT2D eigenvalue weighted by molar-refractivity contribution is 7.99. The molecule has 0 aliphatic carbocycles. The Morgan fingerprint density at radius 2 is 1.75 bits per heavy atom. The lowest BCUT2D eigenvalue weighted by Gasteiger charge is -2.14. The van der Waals surface area contributed by atoms with Gasteiger partial charge in [0.25, 0.3) is 5.56 Å². The minimum absolute atomic E-state index is 0.0250. The number of para-hydroxylation sites is 1. The zero-order chi connectivity index (χ0) is 22.8. The summed E-state index contributed by atoms with van der Waals surface area (Å²) < 4.78 is 1.53. The molecule has 0 bridgehead atoms. The molecule has 0 aliphatic heterocycles. The molecule has 0 saturated carbocycles. The van der Waals surface area contributed by atoms with Crippen LogP contribution in [0, 0.1) is 13.8 Å². The number of benzene rings is 3. The Balaban J connectivity index is 1.67. The van der Waals surface area contributed by atoms with Gasteiger partial charge < -0.3 is 5.32 Å². The van der Waals surface area contributed by atoms with Gasteiger partial charge in [-0.1, -0.05) is 70.9 Å². The van der Waals surface area contributed by atoms with Crippen molar-refractivity contribution in [2.75, 3.05) is 11.1 Å². The van der Waals surface area contributed by atoms with E-state index in [4.69, 9.17) is 23.2 Å². The van der Waals surface area contributed by atoms with E-state index in [1.807, 2.05) is 44.2 Å². The first-order valence-electron chi connectivity index (χ1n) is 9.81. The van der Waals surface area contributed by atoms with Gasteiger partial charge in [0.05, 0.1) is 38.1 Å². The predicted molar refractivity (Wildman–Crippen MR) is 133 cm³/mol. The van der Waals surface area contributed by atoms with E-state index >= 15 is 0 Å². The van der Waals surface area contributed by atoms with Crippen LogP contribution < -0.4 is 10.9 Å². The van der Waals surface area contributed by atoms with E-state index in [-0.39, 0.29) is 17.2 Å². The average Bonchev–Trinajstić information content (AvgIpc) is 2.79. The molecule has 0 unspecified atom stereocenters. The Kier molecular flexibility index (Phi) is 6.55. The van der Waals surface area contributed by atoms with E-state index in [0.717, 1.165) is 11.1 Å². The number of hydrogen-bond acceptors (Lipinski definition) is 4. The quantitative estimate of drug-likeness (QED) is 0.277. The summed E-state index contributed by atoms with van der Waals surface area (Å²) in [5.41, 5.74) is 3.34. The molecule has 1 aromatic heterocycles. The zero-order valence-corrected chi connectivity index (χ0v) is 19.7. The van der Waals surface area contributed by atoms with Crippen LogP contribution in [-0.2, 0) is 4.79 Å². The van der Waals surface area contributed by atoms with E-state index in [1.54, 1.807) is 30.3 Å². The van der Waals surface area contributed by atoms with Crippen molar-refractivity contribution in [1.82, 2.24) is 9.55 Å². The third-order valence-electron chi connectivity index (χ3n) is 4.92. The van der Waals surface area contributed by atoms with Crippen LogP contribution in [0.1, 0.15) is 11.1 Å². The second-order valence-corrected chi connectivity index (χ2v) is 9.01. The van der Waals surface area contributed by atoms with Crippen LogP contribution in [0.15, 0.2) is 70.6 Å². The van der Waals surface area contributed by atoms with Crippen LogP contribution in [0.4, 0.5) is 5.69 Å². The third kappa shape index (κ3) is 4.53. The van der Waals surface area contributed by atoms with Gasteiger partial charge in [0.1, 0.15) is 0 Å². The molecule has 4 rings (SSSR count). The number of amides is 1. The summed E-state index contributed by atoms with van der Waals surface area (Å²) in [6, 6.07) is 18.2. The lowest BCUT2D eigenvalue weighted by atomic mass is 10.2. The maximum Gasteiger partial charge on any atom is 0.266 e. The maximum absolute atomic E-state index is 13.3. The van der Waals surface area contributed by atoms with Crippen LogP contribution in [0.5, 0.6) is 0 Å². The lowest BCUT2D eigenvalue weighted by molar-refractivity contribution is -0.113. The van der Waals surface area contributed by atoms with E-state index < -0.39 is 0 Å². The van der Waals surface area contributed by atoms with Crippen LogP contribution in [0.25, 0.3) is 16.6 Å². The minimum atomic E-state index is -0.303. The highest BCUT2D eigenvalue weighted by atomic mass is 35.5. The van der Waals surface area contributed by atoms with Crippen molar-refractivity contribution in [3.8, 4) is 5.69 Å². The molecule has 1 amide bonds. The molecule has 8 heteroatoms. The van der Waals surface area contributed by atoms with Crippen molar-refractivity contribution >= 4 is 57.5 Å². The van der Waals surface area contributed by atoms with Gasteiger partial charge in [-0.3, -0.25) is 14.2 Å². The number of aromatic nitrogens is 2. The average molecular weight is 484 g/mol. The third-order valence-corrected chi connectivity index (χ3v) is 6.66. The number of nitrogens with zero attached hydrogens (tertiary/aromatic N) is 2. The van der Waals surface area contributed by atoms with Crippen molar-refractivity contribution < 1.29 is 4.79 Å². The Labute approximate surface area is 199 Å². The molecule has 162 valence electrons. The fourth-order valence-electron chi connectivity index (χ4n) is 3.21. The molecule has 0 fully saturated rings. The number of aryl methyl sites for hydroxylation is 2. The predicted octanol–water partition coefficient (Wildman–Crippen LogP) is 6.04. The van der Waals surface area contributed by atoms with E-state index in [9.17, 15) is 9.59 Å². The molecule has 0 aliphatic rings. The number of carbonyl (C=O) groups is 1. The number of nitrogens with one attached hydrogen (secondary N) is 1. The first-order chi connectivity index (χ1) is 15.3. The molecule has 0 radical (unpaired) electrons. The van der Waals surface area contributed by atoms with Gasteiger partial charge in [-0.2, -0.15) is 0 Å². The number of fused-ring (bicyclic) bond motifs is 1. The first-order valence-corrected chi connectivity index (χ1v) is 11.6. The summed E-state index contributed by atoms with van der Waals surface area (Å²) in [5.74, 6) is -0.278. The number of thioether (sulfide) groups is 1. The molecule has 3 aromatic carbocycles. The molecule has 1 N–H and O–H groups in total. The molecular formula is C24H19Cl2N3O2S. The Hall–Kier alpha value is -2.80. The second-order valence-electron chi connectivity index (χ2n) is 7.28. The largest absolute Gasteiger partial charge is 0.323 e. The van der Waals surface area contributed by atoms with Gasteiger partial charge >= 0.3 is 0 Å². The summed E-state index contributed by atoms with van der Waals surface area (Å²) >= 11 is 13.7. The standard InChI is InChI=1S/C24H19Cl2N3O2S/c1-14-7-10-16(11-8-14)29-23(31)17-5-3-4-6-19(17)27-24(29)32-13-20(30)28-22-18(25)12-9-15(2)21(22)26/h3-12H,13H2,1-2H3,(H,28,30). The van der Waals surface area contributed by atoms with Crippen LogP contribution in [-0.4, -0.2) is 21.2 Å². The monoisotopic (exact) mass is 483 g/mol. The molecule has 32 heavy (non-hydrogen) atoms. The van der Waals surface area contributed by atoms with E-state index in [0.29, 0.717) is 37.5 Å². The fourth-order valence-corrected chi connectivity index (χ4v) is 4.49. The molecule has 0 spiro atoms. The molecule has 0 saturated heterocycles. The summed E-state index contributed by atoms with van der Waals surface area (Å²) in [4.78, 5) is 30.6. The van der Waals surface area contributed by atoms with Gasteiger partial charge in [-0.25, -0.2) is 4.98 Å². The minimum Gasteiger partial charge on any atom is -0.323 e. The van der Waals surface area contributed by atoms with Crippen LogP contribution >= 0.6 is 35.0 Å². The Morgan fingerprint density at radius 3 is 2.50 bits per heavy atom. The number of anilines is 1. The molecule has 1 heterocycles. The Morgan fingerprint density at radius 1 is 1.03 bits per heavy atom. The summed E-state index contributed by atoms with van der Waals surface area (Å²) in [6.07, 6.45) is 0. The van der Waals surface area contributed by atoms with Gasteiger partial charge in [0, 0.05) is 0 Å². The summed E-state index contributed by atoms with van der Waals surface area (Å²) in [5, 5.41) is 4.47. The second kappa shape index (κ2) is 9.36. The highest BCUT2D eigenvalue weighted by Gasteiger charge is 2.16. The zero-order valence-electron chi connectivity index (χ0n) is 17.4. The molecule has 0 atom stereocenters. The van der Waals surface area contributed by atoms with Crippen molar-refractivity contribution in [3.63, 3.8) is 0 Å². The van der Waals surface area contributed by atoms with Gasteiger partial charge in [0.2, 0.25) is 5.91 Å². The van der Waals surface area contributed by atoms with Gasteiger partial charge in [0.15, 0.2) is 5.16 Å². The number of rotatable bonds is 5. The van der Waals surface area contributed by atoms with Crippen molar-refractivity contribution in [3.05, 3.63) is 92.2 Å². The molecule has 4 aromatic rings. The smallest absolute Gasteiger partial charge is 0.266 e. The lowest BCUT2D eigenvalue weighted by Crippen LogP contribution is -2.23. The highest BCUT2D eigenvalue weighted by Crippen LogP contribution is 2.33. The topological polar surface area (TPSA) is 64.0 Å². The summed E-state index contributed by atoms with van der Waals surface area (Å²) in [7, 11) is 0. The number of hydrogen-bond donors (Lipinski definition) is 1. The normalized spacial score (nSPS) is 11.0. The van der Waals surface area contributed by atoms with Crippen molar-refractivity contribution in [1.29, 1.82) is 0 Å². The maximum atomic E-state index is 13.3. The van der Waals surface area contributed by atoms with E-state index in [2.05, 4.69) is 10.3 Å². The number of halogens is 2. The first kappa shape index (κ1) is 22.4. The number of carbonyl (C=O) groups excluding carboxylic acids is 1. The SMILES string of the molecule is Cc1ccc(-n2c(SCC(=O)Nc3c(Cl)ccc(C)c3Cl)nc3ccccc3c2=O)cc1. The van der Waals surface area contributed by atoms with Crippen LogP contribution in [0.2, 0.25) is 10.0 Å². The van der Waals surface area contributed by atoms with Gasteiger partial charge in [-0.15, -0.1) is 0 Å². The van der Waals surface area contributed by atoms with Crippen molar-refractivity contribution in [2.45, 2.75) is 19.0 Å². The van der Waals surface area contributed by atoms with E-state index in [1.165, 1.54) is 16.3 Å². The van der Waals surface area contributed by atoms with Gasteiger partial charge in [-0.05, 0) is 49.7 Å².